The zero-order chi connectivity index (χ0) is 15.6. The molecule has 0 amide bonds. The van der Waals surface area contributed by atoms with Gasteiger partial charge in [0.25, 0.3) is 0 Å². The summed E-state index contributed by atoms with van der Waals surface area (Å²) in [6.07, 6.45) is 0.858. The molecule has 1 aromatic carbocycles. The number of aryl methyl sites for hydroxylation is 1. The summed E-state index contributed by atoms with van der Waals surface area (Å²) in [6, 6.07) is 2.36. The topological polar surface area (TPSA) is 72.6 Å². The second kappa shape index (κ2) is 6.29. The van der Waals surface area contributed by atoms with Crippen molar-refractivity contribution in [3.8, 4) is 0 Å². The van der Waals surface area contributed by atoms with Gasteiger partial charge in [-0.15, -0.1) is 0 Å². The molecule has 1 aliphatic heterocycles. The first-order valence-electron chi connectivity index (χ1n) is 6.99. The molecule has 1 heterocycles. The molecule has 0 aliphatic carbocycles. The highest BCUT2D eigenvalue weighted by atomic mass is 32.2. The number of anilines is 1. The molecule has 1 aromatic rings. The van der Waals surface area contributed by atoms with E-state index >= 15 is 0 Å². The van der Waals surface area contributed by atoms with Crippen LogP contribution in [0, 0.1) is 18.7 Å². The van der Waals surface area contributed by atoms with Gasteiger partial charge in [0.15, 0.2) is 0 Å². The second-order valence-corrected chi connectivity index (χ2v) is 7.23. The van der Waals surface area contributed by atoms with Gasteiger partial charge in [0, 0.05) is 19.7 Å². The Morgan fingerprint density at radius 2 is 2.19 bits per heavy atom. The van der Waals surface area contributed by atoms with Gasteiger partial charge >= 0.3 is 0 Å². The normalized spacial score (nSPS) is 19.3. The number of halogens is 1. The highest BCUT2D eigenvalue weighted by Crippen LogP contribution is 2.26. The Morgan fingerprint density at radius 3 is 2.76 bits per heavy atom. The smallest absolute Gasteiger partial charge is 0.243 e. The van der Waals surface area contributed by atoms with Gasteiger partial charge in [0.2, 0.25) is 10.0 Å². The first kappa shape index (κ1) is 16.2. The van der Waals surface area contributed by atoms with Crippen LogP contribution >= 0.6 is 0 Å². The number of nitrogens with two attached hydrogens (primary N) is 1. The highest BCUT2D eigenvalue weighted by Gasteiger charge is 2.29. The van der Waals surface area contributed by atoms with Crippen LogP contribution < -0.4 is 5.73 Å². The van der Waals surface area contributed by atoms with Crippen LogP contribution in [0.1, 0.15) is 18.9 Å². The van der Waals surface area contributed by atoms with Crippen molar-refractivity contribution in [3.05, 3.63) is 23.5 Å². The van der Waals surface area contributed by atoms with Gasteiger partial charge in [0.1, 0.15) is 5.82 Å². The molecule has 2 N–H and O–H groups in total. The number of ether oxygens (including phenoxy) is 1. The van der Waals surface area contributed by atoms with Crippen LogP contribution in [0.25, 0.3) is 0 Å². The van der Waals surface area contributed by atoms with E-state index in [1.54, 1.807) is 13.8 Å². The first-order valence-corrected chi connectivity index (χ1v) is 8.43. The lowest BCUT2D eigenvalue weighted by atomic mass is 10.1. The van der Waals surface area contributed by atoms with Crippen molar-refractivity contribution in [1.29, 1.82) is 0 Å². The van der Waals surface area contributed by atoms with Crippen molar-refractivity contribution < 1.29 is 17.5 Å². The average molecular weight is 316 g/mol. The Hall–Kier alpha value is -1.18. The minimum Gasteiger partial charge on any atom is -0.396 e. The highest BCUT2D eigenvalue weighted by molar-refractivity contribution is 7.89. The zero-order valence-corrected chi connectivity index (χ0v) is 13.1. The molecule has 5 nitrogen and oxygen atoms in total. The molecule has 0 radical (unpaired) electrons. The Bertz CT molecular complexity index is 613. The number of benzene rings is 1. The molecule has 0 aromatic heterocycles. The fraction of sp³-hybridized carbons (Fsp3) is 0.571. The van der Waals surface area contributed by atoms with Crippen LogP contribution in [0.2, 0.25) is 0 Å². The number of rotatable bonds is 5. The van der Waals surface area contributed by atoms with Crippen molar-refractivity contribution in [2.75, 3.05) is 32.0 Å². The molecule has 1 fully saturated rings. The predicted octanol–water partition coefficient (Wildman–Crippen LogP) is 1.76. The summed E-state index contributed by atoms with van der Waals surface area (Å²) in [5, 5.41) is 0. The summed E-state index contributed by atoms with van der Waals surface area (Å²) in [5.41, 5.74) is 5.72. The van der Waals surface area contributed by atoms with Crippen LogP contribution in [0.3, 0.4) is 0 Å². The maximum absolute atomic E-state index is 13.4. The van der Waals surface area contributed by atoms with Crippen molar-refractivity contribution in [3.63, 3.8) is 0 Å². The molecule has 1 aliphatic rings. The summed E-state index contributed by atoms with van der Waals surface area (Å²) in [7, 11) is -3.68. The molecule has 21 heavy (non-hydrogen) atoms. The van der Waals surface area contributed by atoms with E-state index in [1.165, 1.54) is 10.4 Å². The van der Waals surface area contributed by atoms with Crippen LogP contribution in [0.4, 0.5) is 10.1 Å². The average Bonchev–Trinajstić information content (AvgIpc) is 2.92. The number of hydrogen-bond donors (Lipinski definition) is 1. The largest absolute Gasteiger partial charge is 0.396 e. The fourth-order valence-electron chi connectivity index (χ4n) is 2.50. The summed E-state index contributed by atoms with van der Waals surface area (Å²) in [5.74, 6) is -0.392. The van der Waals surface area contributed by atoms with Gasteiger partial charge in [-0.3, -0.25) is 0 Å². The number of sulfonamides is 1. The summed E-state index contributed by atoms with van der Waals surface area (Å²) in [4.78, 5) is 0.0714. The maximum Gasteiger partial charge on any atom is 0.243 e. The lowest BCUT2D eigenvalue weighted by Crippen LogP contribution is -2.36. The minimum atomic E-state index is -3.68. The Labute approximate surface area is 124 Å². The van der Waals surface area contributed by atoms with Crippen molar-refractivity contribution >= 4 is 15.7 Å². The molecular formula is C14H21FN2O3S. The van der Waals surface area contributed by atoms with E-state index in [4.69, 9.17) is 10.5 Å². The van der Waals surface area contributed by atoms with E-state index < -0.39 is 15.8 Å². The van der Waals surface area contributed by atoms with Gasteiger partial charge in [-0.25, -0.2) is 12.8 Å². The van der Waals surface area contributed by atoms with E-state index in [-0.39, 0.29) is 16.5 Å². The summed E-state index contributed by atoms with van der Waals surface area (Å²) >= 11 is 0. The van der Waals surface area contributed by atoms with Gasteiger partial charge in [-0.2, -0.15) is 4.31 Å². The molecule has 7 heteroatoms. The van der Waals surface area contributed by atoms with E-state index in [1.807, 2.05) is 0 Å². The molecule has 118 valence electrons. The maximum atomic E-state index is 13.4. The SMILES string of the molecule is CCN(CC1CCOC1)S(=O)(=O)c1cc(N)c(F)cc1C. The molecule has 0 spiro atoms. The van der Waals surface area contributed by atoms with Crippen LogP contribution in [0.5, 0.6) is 0 Å². The molecule has 0 saturated carbocycles. The standard InChI is InChI=1S/C14H21FN2O3S/c1-3-17(8-11-4-5-20-9-11)21(18,19)14-7-13(16)12(15)6-10(14)2/h6-7,11H,3-5,8-9,16H2,1-2H3. The van der Waals surface area contributed by atoms with E-state index in [9.17, 15) is 12.8 Å². The second-order valence-electron chi connectivity index (χ2n) is 5.32. The lowest BCUT2D eigenvalue weighted by molar-refractivity contribution is 0.181. The monoisotopic (exact) mass is 316 g/mol. The quantitative estimate of drug-likeness (QED) is 0.840. The zero-order valence-electron chi connectivity index (χ0n) is 12.3. The van der Waals surface area contributed by atoms with E-state index in [2.05, 4.69) is 0 Å². The van der Waals surface area contributed by atoms with Crippen LogP contribution in [-0.4, -0.2) is 39.0 Å². The van der Waals surface area contributed by atoms with Crippen molar-refractivity contribution in [2.24, 2.45) is 5.92 Å². The third-order valence-electron chi connectivity index (χ3n) is 3.75. The first-order chi connectivity index (χ1) is 9.86. The number of nitrogens with zero attached hydrogens (tertiary/aromatic N) is 1. The molecule has 1 unspecified atom stereocenters. The van der Waals surface area contributed by atoms with Gasteiger partial charge in [-0.05, 0) is 37.0 Å². The molecule has 1 atom stereocenters. The van der Waals surface area contributed by atoms with Gasteiger partial charge in [0.05, 0.1) is 17.2 Å². The van der Waals surface area contributed by atoms with E-state index in [0.717, 1.165) is 12.5 Å². The Kier molecular flexibility index (Phi) is 4.85. The van der Waals surface area contributed by atoms with Gasteiger partial charge < -0.3 is 10.5 Å². The van der Waals surface area contributed by atoms with Crippen molar-refractivity contribution in [2.45, 2.75) is 25.2 Å². The molecule has 1 saturated heterocycles. The predicted molar refractivity (Wildman–Crippen MR) is 78.9 cm³/mol. The minimum absolute atomic E-state index is 0.0714. The number of nitrogen functional groups attached to an aromatic ring is 1. The third kappa shape index (κ3) is 3.36. The third-order valence-corrected chi connectivity index (χ3v) is 5.83. The summed E-state index contributed by atoms with van der Waals surface area (Å²) < 4.78 is 45.6. The van der Waals surface area contributed by atoms with Crippen LogP contribution in [0.15, 0.2) is 17.0 Å². The lowest BCUT2D eigenvalue weighted by Gasteiger charge is -2.24. The fourth-order valence-corrected chi connectivity index (χ4v) is 4.26. The van der Waals surface area contributed by atoms with Gasteiger partial charge in [-0.1, -0.05) is 6.92 Å². The Morgan fingerprint density at radius 1 is 1.48 bits per heavy atom. The van der Waals surface area contributed by atoms with E-state index in [0.29, 0.717) is 31.9 Å². The molecular weight excluding hydrogens is 295 g/mol. The Balaban J connectivity index is 2.32. The summed E-state index contributed by atoms with van der Waals surface area (Å²) in [6.45, 7) is 5.38. The van der Waals surface area contributed by atoms with Crippen LogP contribution in [-0.2, 0) is 14.8 Å². The molecule has 0 bridgehead atoms. The van der Waals surface area contributed by atoms with Crippen molar-refractivity contribution in [1.82, 2.24) is 4.31 Å². The molecule has 2 rings (SSSR count). The number of hydrogen-bond acceptors (Lipinski definition) is 4.